The summed E-state index contributed by atoms with van der Waals surface area (Å²) in [4.78, 5) is 8.77. The van der Waals surface area contributed by atoms with Crippen LogP contribution in [-0.2, 0) is 0 Å². The van der Waals surface area contributed by atoms with Gasteiger partial charge in [-0.05, 0) is 24.3 Å². The van der Waals surface area contributed by atoms with Gasteiger partial charge in [0.05, 0.1) is 10.2 Å². The van der Waals surface area contributed by atoms with Crippen LogP contribution in [0.3, 0.4) is 0 Å². The van der Waals surface area contributed by atoms with Crippen LogP contribution in [0.1, 0.15) is 0 Å². The lowest BCUT2D eigenvalue weighted by molar-refractivity contribution is 0.886. The molecule has 0 saturated carbocycles. The summed E-state index contributed by atoms with van der Waals surface area (Å²) < 4.78 is 2.64. The summed E-state index contributed by atoms with van der Waals surface area (Å²) in [5.74, 6) is 0.750. The van der Waals surface area contributed by atoms with Crippen molar-refractivity contribution in [3.8, 4) is 5.13 Å². The number of nitrogen functional groups attached to an aromatic ring is 1. The summed E-state index contributed by atoms with van der Waals surface area (Å²) in [5.41, 5.74) is 7.80. The lowest BCUT2D eigenvalue weighted by Crippen LogP contribution is -2.01. The minimum Gasteiger partial charge on any atom is -0.368 e. The summed E-state index contributed by atoms with van der Waals surface area (Å²) in [6.45, 7) is 0. The predicted octanol–water partition coefficient (Wildman–Crippen LogP) is 3.20. The number of nitrogens with two attached hydrogens (primary N) is 1. The Morgan fingerprint density at radius 1 is 0.955 bits per heavy atom. The maximum atomic E-state index is 5.96. The molecule has 0 unspecified atom stereocenters. The van der Waals surface area contributed by atoms with Crippen molar-refractivity contribution < 1.29 is 0 Å². The number of rotatable bonds is 3. The fraction of sp³-hybridized carbons (Fsp3) is 0. The quantitative estimate of drug-likeness (QED) is 0.607. The van der Waals surface area contributed by atoms with E-state index in [1.54, 1.807) is 4.68 Å². The van der Waals surface area contributed by atoms with Crippen molar-refractivity contribution in [3.63, 3.8) is 0 Å². The van der Waals surface area contributed by atoms with E-state index in [-0.39, 0.29) is 0 Å². The molecule has 2 heterocycles. The van der Waals surface area contributed by atoms with E-state index in [1.807, 2.05) is 54.6 Å². The van der Waals surface area contributed by atoms with Gasteiger partial charge in [-0.3, -0.25) is 0 Å². The molecule has 0 radical (unpaired) electrons. The van der Waals surface area contributed by atoms with Crippen LogP contribution in [0.4, 0.5) is 17.6 Å². The minimum absolute atomic E-state index is 0.303. The maximum absolute atomic E-state index is 5.96. The predicted molar refractivity (Wildman–Crippen MR) is 88.7 cm³/mol. The first-order chi connectivity index (χ1) is 10.8. The first-order valence-corrected chi connectivity index (χ1v) is 7.52. The SMILES string of the molecule is Nc1nc(Nc2ccccc2)nn1-c1nc2ccccc2s1. The van der Waals surface area contributed by atoms with Gasteiger partial charge in [-0.25, -0.2) is 4.98 Å². The minimum atomic E-state index is 0.303. The average Bonchev–Trinajstić information content (AvgIpc) is 3.11. The first kappa shape index (κ1) is 12.8. The molecule has 108 valence electrons. The van der Waals surface area contributed by atoms with Crippen molar-refractivity contribution in [2.24, 2.45) is 0 Å². The number of anilines is 3. The van der Waals surface area contributed by atoms with Crippen LogP contribution in [0, 0.1) is 0 Å². The van der Waals surface area contributed by atoms with Crippen molar-refractivity contribution >= 4 is 39.1 Å². The molecule has 0 fully saturated rings. The van der Waals surface area contributed by atoms with Gasteiger partial charge in [0.2, 0.25) is 17.0 Å². The maximum Gasteiger partial charge on any atom is 0.248 e. The Bertz CT molecular complexity index is 895. The summed E-state index contributed by atoms with van der Waals surface area (Å²) in [5, 5.41) is 8.21. The van der Waals surface area contributed by atoms with E-state index in [2.05, 4.69) is 20.4 Å². The Labute approximate surface area is 130 Å². The molecule has 0 aliphatic heterocycles. The number of benzene rings is 2. The van der Waals surface area contributed by atoms with Crippen molar-refractivity contribution in [1.82, 2.24) is 19.7 Å². The molecule has 0 spiro atoms. The highest BCUT2D eigenvalue weighted by Crippen LogP contribution is 2.26. The van der Waals surface area contributed by atoms with Crippen molar-refractivity contribution in [2.45, 2.75) is 0 Å². The van der Waals surface area contributed by atoms with Crippen molar-refractivity contribution in [3.05, 3.63) is 54.6 Å². The van der Waals surface area contributed by atoms with Crippen LogP contribution in [0.5, 0.6) is 0 Å². The highest BCUT2D eigenvalue weighted by molar-refractivity contribution is 7.20. The number of nitrogens with one attached hydrogen (secondary N) is 1. The van der Waals surface area contributed by atoms with Gasteiger partial charge in [0.25, 0.3) is 0 Å². The van der Waals surface area contributed by atoms with Gasteiger partial charge in [-0.1, -0.05) is 41.7 Å². The molecular weight excluding hydrogens is 296 g/mol. The van der Waals surface area contributed by atoms with Gasteiger partial charge in [0, 0.05) is 5.69 Å². The number of fused-ring (bicyclic) bond motifs is 1. The number of para-hydroxylation sites is 2. The number of thiazole rings is 1. The van der Waals surface area contributed by atoms with Gasteiger partial charge in [-0.15, -0.1) is 5.10 Å². The largest absolute Gasteiger partial charge is 0.368 e. The van der Waals surface area contributed by atoms with Gasteiger partial charge in [0.1, 0.15) is 0 Å². The number of aromatic nitrogens is 4. The van der Waals surface area contributed by atoms with Crippen LogP contribution < -0.4 is 11.1 Å². The standard InChI is InChI=1S/C15H12N6S/c16-13-19-14(17-10-6-2-1-3-7-10)20-21(13)15-18-11-8-4-5-9-12(11)22-15/h1-9H,(H3,16,17,19,20). The summed E-state index contributed by atoms with van der Waals surface area (Å²) in [6, 6.07) is 17.6. The van der Waals surface area contributed by atoms with E-state index in [0.29, 0.717) is 17.0 Å². The highest BCUT2D eigenvalue weighted by atomic mass is 32.1. The molecule has 4 rings (SSSR count). The van der Waals surface area contributed by atoms with Gasteiger partial charge >= 0.3 is 0 Å². The Kier molecular flexibility index (Phi) is 2.97. The number of hydrogen-bond donors (Lipinski definition) is 2. The molecule has 22 heavy (non-hydrogen) atoms. The van der Waals surface area contributed by atoms with E-state index in [1.165, 1.54) is 11.3 Å². The van der Waals surface area contributed by atoms with Crippen LogP contribution in [0.2, 0.25) is 0 Å². The monoisotopic (exact) mass is 308 g/mol. The third-order valence-electron chi connectivity index (χ3n) is 3.13. The molecule has 3 N–H and O–H groups in total. The molecule has 6 nitrogen and oxygen atoms in total. The Morgan fingerprint density at radius 3 is 2.55 bits per heavy atom. The topological polar surface area (TPSA) is 81.6 Å². The van der Waals surface area contributed by atoms with E-state index in [4.69, 9.17) is 5.73 Å². The summed E-state index contributed by atoms with van der Waals surface area (Å²) in [6.07, 6.45) is 0. The van der Waals surface area contributed by atoms with Crippen LogP contribution in [0.25, 0.3) is 15.3 Å². The molecule has 0 atom stereocenters. The van der Waals surface area contributed by atoms with Gasteiger partial charge in [0.15, 0.2) is 0 Å². The second-order valence-corrected chi connectivity index (χ2v) is 5.67. The molecule has 0 aliphatic rings. The Hall–Kier alpha value is -2.93. The fourth-order valence-corrected chi connectivity index (χ4v) is 3.05. The number of hydrogen-bond acceptors (Lipinski definition) is 6. The molecule has 0 saturated heterocycles. The second-order valence-electron chi connectivity index (χ2n) is 4.66. The molecule has 4 aromatic rings. The lowest BCUT2D eigenvalue weighted by Gasteiger charge is -1.99. The molecule has 2 aromatic heterocycles. The molecule has 0 aliphatic carbocycles. The first-order valence-electron chi connectivity index (χ1n) is 6.70. The Balaban J connectivity index is 1.70. The zero-order valence-electron chi connectivity index (χ0n) is 11.5. The highest BCUT2D eigenvalue weighted by Gasteiger charge is 2.13. The zero-order valence-corrected chi connectivity index (χ0v) is 12.3. The molecule has 0 amide bonds. The van der Waals surface area contributed by atoms with E-state index < -0.39 is 0 Å². The average molecular weight is 308 g/mol. The second kappa shape index (κ2) is 5.12. The smallest absolute Gasteiger partial charge is 0.248 e. The van der Waals surface area contributed by atoms with Crippen molar-refractivity contribution in [2.75, 3.05) is 11.1 Å². The van der Waals surface area contributed by atoms with Gasteiger partial charge in [-0.2, -0.15) is 9.67 Å². The van der Waals surface area contributed by atoms with Gasteiger partial charge < -0.3 is 11.1 Å². The normalized spacial score (nSPS) is 10.9. The van der Waals surface area contributed by atoms with Crippen molar-refractivity contribution in [1.29, 1.82) is 0 Å². The van der Waals surface area contributed by atoms with E-state index in [0.717, 1.165) is 15.9 Å². The molecule has 0 bridgehead atoms. The fourth-order valence-electron chi connectivity index (χ4n) is 2.12. The Morgan fingerprint density at radius 2 is 1.73 bits per heavy atom. The van der Waals surface area contributed by atoms with Crippen LogP contribution >= 0.6 is 11.3 Å². The van der Waals surface area contributed by atoms with E-state index >= 15 is 0 Å². The van der Waals surface area contributed by atoms with Crippen LogP contribution in [-0.4, -0.2) is 19.7 Å². The summed E-state index contributed by atoms with van der Waals surface area (Å²) >= 11 is 1.53. The van der Waals surface area contributed by atoms with Crippen LogP contribution in [0.15, 0.2) is 54.6 Å². The van der Waals surface area contributed by atoms with E-state index in [9.17, 15) is 0 Å². The lowest BCUT2D eigenvalue weighted by atomic mass is 10.3. The summed E-state index contributed by atoms with van der Waals surface area (Å²) in [7, 11) is 0. The molecule has 7 heteroatoms. The third-order valence-corrected chi connectivity index (χ3v) is 4.14. The zero-order chi connectivity index (χ0) is 14.9. The third kappa shape index (κ3) is 2.27. The molecule has 2 aromatic carbocycles. The number of nitrogens with zero attached hydrogens (tertiary/aromatic N) is 4. The molecular formula is C15H12N6S.